The summed E-state index contributed by atoms with van der Waals surface area (Å²) >= 11 is 5.33. The Bertz CT molecular complexity index is 944. The number of pyridine rings is 1. The van der Waals surface area contributed by atoms with Crippen LogP contribution in [-0.4, -0.2) is 17.1 Å². The number of para-hydroxylation sites is 1. The summed E-state index contributed by atoms with van der Waals surface area (Å²) in [7, 11) is 0. The number of carbonyl (C=O) groups is 1. The van der Waals surface area contributed by atoms with E-state index in [1.54, 1.807) is 51.1 Å². The number of esters is 1. The molecule has 0 saturated heterocycles. The zero-order valence-corrected chi connectivity index (χ0v) is 17.4. The summed E-state index contributed by atoms with van der Waals surface area (Å²) in [5.74, 6) is -0.989. The van der Waals surface area contributed by atoms with Gasteiger partial charge >= 0.3 is 12.1 Å². The highest BCUT2D eigenvalue weighted by molar-refractivity contribution is 6.30. The van der Waals surface area contributed by atoms with Gasteiger partial charge in [-0.25, -0.2) is 4.98 Å². The van der Waals surface area contributed by atoms with Crippen molar-refractivity contribution in [2.75, 3.05) is 0 Å². The van der Waals surface area contributed by atoms with E-state index in [0.29, 0.717) is 17.3 Å². The highest BCUT2D eigenvalue weighted by Gasteiger charge is 2.62. The van der Waals surface area contributed by atoms with Gasteiger partial charge < -0.3 is 9.47 Å². The quantitative estimate of drug-likeness (QED) is 0.486. The van der Waals surface area contributed by atoms with Crippen molar-refractivity contribution in [3.05, 3.63) is 65.3 Å². The molecule has 8 heteroatoms. The SMILES string of the molecule is C[C@@H](OC(=O)[C@H]1[C@@H](C=C(Cl)C(F)(F)F)C1(C)C)c1cccc(Oc2ccccc2)n1. The minimum atomic E-state index is -4.63. The Balaban J connectivity index is 1.67. The van der Waals surface area contributed by atoms with Crippen molar-refractivity contribution in [2.24, 2.45) is 17.3 Å². The van der Waals surface area contributed by atoms with Gasteiger partial charge in [-0.2, -0.15) is 13.2 Å². The number of ether oxygens (including phenoxy) is 2. The van der Waals surface area contributed by atoms with Crippen molar-refractivity contribution in [1.82, 2.24) is 4.98 Å². The van der Waals surface area contributed by atoms with Gasteiger partial charge in [0.1, 0.15) is 16.9 Å². The maximum atomic E-state index is 12.7. The molecular weight excluding hydrogens is 419 g/mol. The highest BCUT2D eigenvalue weighted by atomic mass is 35.5. The van der Waals surface area contributed by atoms with Crippen LogP contribution in [0.15, 0.2) is 59.6 Å². The number of carbonyl (C=O) groups excluding carboxylic acids is 1. The fourth-order valence-corrected chi connectivity index (χ4v) is 3.46. The van der Waals surface area contributed by atoms with Crippen LogP contribution in [-0.2, 0) is 9.53 Å². The molecular formula is C22H21ClF3NO3. The Morgan fingerprint density at radius 3 is 2.47 bits per heavy atom. The lowest BCUT2D eigenvalue weighted by Crippen LogP contribution is -2.14. The van der Waals surface area contributed by atoms with Crippen LogP contribution in [0.4, 0.5) is 13.2 Å². The van der Waals surface area contributed by atoms with Gasteiger partial charge in [-0.05, 0) is 36.5 Å². The summed E-state index contributed by atoms with van der Waals surface area (Å²) in [5.41, 5.74) is -0.205. The van der Waals surface area contributed by atoms with Crippen LogP contribution in [0.5, 0.6) is 11.6 Å². The first-order chi connectivity index (χ1) is 14.0. The summed E-state index contributed by atoms with van der Waals surface area (Å²) in [6.45, 7) is 5.06. The number of nitrogens with zero attached hydrogens (tertiary/aromatic N) is 1. The summed E-state index contributed by atoms with van der Waals surface area (Å²) < 4.78 is 49.3. The fourth-order valence-electron chi connectivity index (χ4n) is 3.32. The molecule has 0 N–H and O–H groups in total. The molecule has 3 rings (SSSR count). The number of aromatic nitrogens is 1. The number of benzene rings is 1. The standard InChI is InChI=1S/C22H21ClF3NO3/c1-13(16-10-7-11-18(27-16)30-14-8-5-4-6-9-14)29-20(28)19-15(21(19,2)3)12-17(23)22(24,25)26/h4-13,15,19H,1-3H3/t13-,15-,19-/m1/s1. The van der Waals surface area contributed by atoms with Gasteiger partial charge in [-0.15, -0.1) is 0 Å². The molecule has 1 aromatic carbocycles. The second-order valence-corrected chi connectivity index (χ2v) is 8.14. The van der Waals surface area contributed by atoms with Gasteiger partial charge in [0.15, 0.2) is 0 Å². The smallest absolute Gasteiger partial charge is 0.426 e. The van der Waals surface area contributed by atoms with Crippen molar-refractivity contribution in [3.8, 4) is 11.6 Å². The maximum absolute atomic E-state index is 12.7. The molecule has 0 spiro atoms. The number of alkyl halides is 3. The molecule has 1 aliphatic carbocycles. The summed E-state index contributed by atoms with van der Waals surface area (Å²) in [4.78, 5) is 16.9. The van der Waals surface area contributed by atoms with Crippen molar-refractivity contribution >= 4 is 17.6 Å². The van der Waals surface area contributed by atoms with E-state index in [-0.39, 0.29) is 0 Å². The Hall–Kier alpha value is -2.54. The van der Waals surface area contributed by atoms with Gasteiger partial charge in [-0.3, -0.25) is 4.79 Å². The number of rotatable bonds is 6. The van der Waals surface area contributed by atoms with E-state index in [2.05, 4.69) is 4.98 Å². The molecule has 1 heterocycles. The molecule has 4 nitrogen and oxygen atoms in total. The van der Waals surface area contributed by atoms with Crippen molar-refractivity contribution in [2.45, 2.75) is 33.1 Å². The minimum Gasteiger partial charge on any atom is -0.456 e. The Morgan fingerprint density at radius 1 is 1.17 bits per heavy atom. The van der Waals surface area contributed by atoms with Crippen LogP contribution in [0.3, 0.4) is 0 Å². The second kappa shape index (κ2) is 8.30. The molecule has 1 aliphatic rings. The maximum Gasteiger partial charge on any atom is 0.426 e. The normalized spacial score (nSPS) is 21.6. The Morgan fingerprint density at radius 2 is 1.83 bits per heavy atom. The third-order valence-corrected chi connectivity index (χ3v) is 5.52. The molecule has 0 unspecified atom stereocenters. The van der Waals surface area contributed by atoms with E-state index in [0.717, 1.165) is 6.08 Å². The van der Waals surface area contributed by atoms with Gasteiger partial charge in [0.25, 0.3) is 0 Å². The second-order valence-electron chi connectivity index (χ2n) is 7.73. The van der Waals surface area contributed by atoms with E-state index >= 15 is 0 Å². The fraction of sp³-hybridized carbons (Fsp3) is 0.364. The number of halogens is 4. The molecule has 0 amide bonds. The predicted molar refractivity (Wildman–Crippen MR) is 106 cm³/mol. The highest BCUT2D eigenvalue weighted by Crippen LogP contribution is 2.60. The molecule has 0 aliphatic heterocycles. The van der Waals surface area contributed by atoms with E-state index in [1.165, 1.54) is 0 Å². The monoisotopic (exact) mass is 439 g/mol. The summed E-state index contributed by atoms with van der Waals surface area (Å²) in [5, 5.41) is -1.23. The molecule has 1 aromatic heterocycles. The largest absolute Gasteiger partial charge is 0.456 e. The van der Waals surface area contributed by atoms with Crippen LogP contribution >= 0.6 is 11.6 Å². The van der Waals surface area contributed by atoms with Crippen molar-refractivity contribution < 1.29 is 27.4 Å². The summed E-state index contributed by atoms with van der Waals surface area (Å²) in [6, 6.07) is 14.2. The lowest BCUT2D eigenvalue weighted by Gasteiger charge is -2.14. The van der Waals surface area contributed by atoms with Crippen LogP contribution in [0.1, 0.15) is 32.6 Å². The molecule has 1 saturated carbocycles. The molecule has 2 aromatic rings. The number of allylic oxidation sites excluding steroid dienone is 2. The minimum absolute atomic E-state index is 0.339. The average Bonchev–Trinajstić information content (AvgIpc) is 3.22. The van der Waals surface area contributed by atoms with Crippen LogP contribution in [0, 0.1) is 17.3 Å². The molecule has 0 radical (unpaired) electrons. The van der Waals surface area contributed by atoms with Gasteiger partial charge in [-0.1, -0.05) is 55.8 Å². The van der Waals surface area contributed by atoms with E-state index in [4.69, 9.17) is 21.1 Å². The van der Waals surface area contributed by atoms with Crippen LogP contribution in [0.25, 0.3) is 0 Å². The lowest BCUT2D eigenvalue weighted by atomic mass is 10.1. The number of hydrogen-bond acceptors (Lipinski definition) is 4. The first-order valence-electron chi connectivity index (χ1n) is 9.35. The predicted octanol–water partition coefficient (Wildman–Crippen LogP) is 6.44. The Kier molecular flexibility index (Phi) is 6.13. The third kappa shape index (κ3) is 4.95. The van der Waals surface area contributed by atoms with Gasteiger partial charge in [0.2, 0.25) is 5.88 Å². The van der Waals surface area contributed by atoms with Crippen LogP contribution in [0.2, 0.25) is 0 Å². The third-order valence-electron chi connectivity index (χ3n) is 5.18. The van der Waals surface area contributed by atoms with E-state index in [1.807, 2.05) is 18.2 Å². The van der Waals surface area contributed by atoms with Gasteiger partial charge in [0.05, 0.1) is 11.6 Å². The van der Waals surface area contributed by atoms with E-state index < -0.39 is 40.5 Å². The first-order valence-corrected chi connectivity index (χ1v) is 9.73. The lowest BCUT2D eigenvalue weighted by molar-refractivity contribution is -0.151. The van der Waals surface area contributed by atoms with Crippen LogP contribution < -0.4 is 4.74 Å². The van der Waals surface area contributed by atoms with E-state index in [9.17, 15) is 18.0 Å². The molecule has 0 bridgehead atoms. The zero-order chi connectivity index (χ0) is 22.1. The van der Waals surface area contributed by atoms with Gasteiger partial charge in [0, 0.05) is 6.07 Å². The molecule has 3 atom stereocenters. The number of hydrogen-bond donors (Lipinski definition) is 0. The first kappa shape index (κ1) is 22.2. The average molecular weight is 440 g/mol. The summed E-state index contributed by atoms with van der Waals surface area (Å²) in [6.07, 6.45) is -4.44. The Labute approximate surface area is 177 Å². The van der Waals surface area contributed by atoms with Crippen molar-refractivity contribution in [1.29, 1.82) is 0 Å². The molecule has 30 heavy (non-hydrogen) atoms. The topological polar surface area (TPSA) is 48.4 Å². The van der Waals surface area contributed by atoms with Crippen molar-refractivity contribution in [3.63, 3.8) is 0 Å². The molecule has 160 valence electrons. The molecule has 1 fully saturated rings. The zero-order valence-electron chi connectivity index (χ0n) is 16.6.